The number of aromatic nitrogens is 2. The van der Waals surface area contributed by atoms with Crippen molar-refractivity contribution in [1.29, 1.82) is 5.26 Å². The van der Waals surface area contributed by atoms with Gasteiger partial charge in [0.05, 0.1) is 18.2 Å². The minimum Gasteiger partial charge on any atom is -0.457 e. The molecule has 1 amide bonds. The van der Waals surface area contributed by atoms with Crippen LogP contribution in [0.4, 0.5) is 0 Å². The first-order valence-corrected chi connectivity index (χ1v) is 9.93. The van der Waals surface area contributed by atoms with Crippen LogP contribution in [-0.2, 0) is 0 Å². The Morgan fingerprint density at radius 2 is 1.87 bits per heavy atom. The SMILES string of the molecule is Cc1c(C(N)=O)c(-c2ccc(Oc3ccccc3)cc2)nn1[C@@H]1CCCN(C#N)C1. The molecule has 0 bridgehead atoms. The molecule has 0 saturated carbocycles. The molecule has 2 heterocycles. The molecule has 0 aliphatic carbocycles. The Labute approximate surface area is 175 Å². The molecule has 7 nitrogen and oxygen atoms in total. The fourth-order valence-electron chi connectivity index (χ4n) is 3.92. The third-order valence-corrected chi connectivity index (χ3v) is 5.39. The molecule has 2 aromatic carbocycles. The van der Waals surface area contributed by atoms with Crippen molar-refractivity contribution < 1.29 is 9.53 Å². The summed E-state index contributed by atoms with van der Waals surface area (Å²) in [5.74, 6) is 0.938. The third kappa shape index (κ3) is 3.85. The Bertz CT molecular complexity index is 1080. The summed E-state index contributed by atoms with van der Waals surface area (Å²) in [4.78, 5) is 14.0. The highest BCUT2D eigenvalue weighted by atomic mass is 16.5. The molecule has 1 aliphatic rings. The number of hydrogen-bond donors (Lipinski definition) is 1. The number of benzene rings is 2. The summed E-state index contributed by atoms with van der Waals surface area (Å²) >= 11 is 0. The first kappa shape index (κ1) is 19.5. The van der Waals surface area contributed by atoms with Crippen LogP contribution in [-0.4, -0.2) is 33.7 Å². The van der Waals surface area contributed by atoms with Gasteiger partial charge < -0.3 is 15.4 Å². The summed E-state index contributed by atoms with van der Waals surface area (Å²) in [6.07, 6.45) is 4.02. The fraction of sp³-hybridized carbons (Fsp3) is 0.261. The molecule has 1 atom stereocenters. The van der Waals surface area contributed by atoms with Crippen LogP contribution >= 0.6 is 0 Å². The second kappa shape index (κ2) is 8.29. The molecule has 1 aliphatic heterocycles. The number of rotatable bonds is 5. The van der Waals surface area contributed by atoms with E-state index in [0.29, 0.717) is 23.6 Å². The lowest BCUT2D eigenvalue weighted by atomic mass is 10.0. The number of hydrogen-bond acceptors (Lipinski definition) is 5. The van der Waals surface area contributed by atoms with Gasteiger partial charge in [-0.25, -0.2) is 0 Å². The second-order valence-corrected chi connectivity index (χ2v) is 7.40. The number of primary amides is 1. The first-order chi connectivity index (χ1) is 14.6. The van der Waals surface area contributed by atoms with Crippen molar-refractivity contribution in [2.75, 3.05) is 13.1 Å². The van der Waals surface area contributed by atoms with Crippen LogP contribution in [0.3, 0.4) is 0 Å². The number of likely N-dealkylation sites (tertiary alicyclic amines) is 1. The van der Waals surface area contributed by atoms with Gasteiger partial charge in [0.15, 0.2) is 6.19 Å². The van der Waals surface area contributed by atoms with Gasteiger partial charge in [0, 0.05) is 17.8 Å². The number of nitrogens with two attached hydrogens (primary N) is 1. The molecule has 1 aromatic heterocycles. The maximum absolute atomic E-state index is 12.2. The van der Waals surface area contributed by atoms with Gasteiger partial charge in [-0.2, -0.15) is 10.4 Å². The molecule has 1 fully saturated rings. The molecular weight excluding hydrogens is 378 g/mol. The van der Waals surface area contributed by atoms with E-state index >= 15 is 0 Å². The number of para-hydroxylation sites is 1. The molecule has 7 heteroatoms. The van der Waals surface area contributed by atoms with Crippen LogP contribution in [0.25, 0.3) is 11.3 Å². The molecule has 0 spiro atoms. The van der Waals surface area contributed by atoms with Crippen LogP contribution in [0.5, 0.6) is 11.5 Å². The van der Waals surface area contributed by atoms with Crippen LogP contribution < -0.4 is 10.5 Å². The zero-order valence-corrected chi connectivity index (χ0v) is 16.8. The Hall–Kier alpha value is -3.79. The van der Waals surface area contributed by atoms with E-state index in [1.54, 1.807) is 4.90 Å². The van der Waals surface area contributed by atoms with E-state index in [0.717, 1.165) is 36.4 Å². The van der Waals surface area contributed by atoms with Gasteiger partial charge >= 0.3 is 0 Å². The van der Waals surface area contributed by atoms with E-state index in [1.165, 1.54) is 0 Å². The Morgan fingerprint density at radius 1 is 1.17 bits per heavy atom. The van der Waals surface area contributed by atoms with Gasteiger partial charge in [0.1, 0.15) is 17.2 Å². The van der Waals surface area contributed by atoms with Gasteiger partial charge in [0.2, 0.25) is 0 Å². The predicted octanol–water partition coefficient (Wildman–Crippen LogP) is 3.87. The molecule has 0 unspecified atom stereocenters. The maximum atomic E-state index is 12.2. The van der Waals surface area contributed by atoms with Crippen molar-refractivity contribution >= 4 is 5.91 Å². The van der Waals surface area contributed by atoms with Gasteiger partial charge in [-0.15, -0.1) is 0 Å². The predicted molar refractivity (Wildman–Crippen MR) is 113 cm³/mol. The van der Waals surface area contributed by atoms with Gasteiger partial charge in [-0.05, 0) is 56.2 Å². The first-order valence-electron chi connectivity index (χ1n) is 9.93. The average molecular weight is 401 g/mol. The van der Waals surface area contributed by atoms with Crippen LogP contribution in [0.15, 0.2) is 54.6 Å². The van der Waals surface area contributed by atoms with Crippen molar-refractivity contribution in [1.82, 2.24) is 14.7 Å². The minimum absolute atomic E-state index is 0.0333. The quantitative estimate of drug-likeness (QED) is 0.655. The second-order valence-electron chi connectivity index (χ2n) is 7.40. The Morgan fingerprint density at radius 3 is 2.53 bits per heavy atom. The van der Waals surface area contributed by atoms with Crippen molar-refractivity contribution in [2.45, 2.75) is 25.8 Å². The summed E-state index contributed by atoms with van der Waals surface area (Å²) in [7, 11) is 0. The van der Waals surface area contributed by atoms with E-state index in [4.69, 9.17) is 15.6 Å². The third-order valence-electron chi connectivity index (χ3n) is 5.39. The fourth-order valence-corrected chi connectivity index (χ4v) is 3.92. The Kier molecular flexibility index (Phi) is 5.40. The van der Waals surface area contributed by atoms with Crippen molar-refractivity contribution in [2.24, 2.45) is 5.73 Å². The highest BCUT2D eigenvalue weighted by Gasteiger charge is 2.27. The molecule has 3 aromatic rings. The molecule has 30 heavy (non-hydrogen) atoms. The lowest BCUT2D eigenvalue weighted by molar-refractivity contribution is 0.1000. The highest BCUT2D eigenvalue weighted by Crippen LogP contribution is 2.31. The standard InChI is InChI=1S/C23H23N5O2/c1-16-21(23(25)29)22(26-28(16)18-6-5-13-27(14-18)15-24)17-9-11-20(12-10-17)30-19-7-3-2-4-8-19/h2-4,7-12,18H,5-6,13-14H2,1H3,(H2,25,29)/t18-/m1/s1. The summed E-state index contributed by atoms with van der Waals surface area (Å²) in [6, 6.07) is 17.0. The number of carbonyl (C=O) groups is 1. The lowest BCUT2D eigenvalue weighted by Gasteiger charge is -2.29. The molecule has 2 N–H and O–H groups in total. The zero-order valence-electron chi connectivity index (χ0n) is 16.8. The number of ether oxygens (including phenoxy) is 1. The van der Waals surface area contributed by atoms with Gasteiger partial charge in [0.25, 0.3) is 5.91 Å². The van der Waals surface area contributed by atoms with Crippen LogP contribution in [0.2, 0.25) is 0 Å². The van der Waals surface area contributed by atoms with E-state index in [-0.39, 0.29) is 6.04 Å². The summed E-state index contributed by atoms with van der Waals surface area (Å²) in [6.45, 7) is 3.20. The summed E-state index contributed by atoms with van der Waals surface area (Å²) < 4.78 is 7.70. The number of nitrogens with zero attached hydrogens (tertiary/aromatic N) is 4. The molecule has 0 radical (unpaired) electrons. The largest absolute Gasteiger partial charge is 0.457 e. The normalized spacial score (nSPS) is 16.1. The van der Waals surface area contributed by atoms with Crippen molar-refractivity contribution in [3.63, 3.8) is 0 Å². The smallest absolute Gasteiger partial charge is 0.252 e. The summed E-state index contributed by atoms with van der Waals surface area (Å²) in [5, 5.41) is 14.0. The number of amides is 1. The summed E-state index contributed by atoms with van der Waals surface area (Å²) in [5.41, 5.74) is 8.19. The van der Waals surface area contributed by atoms with E-state index in [1.807, 2.05) is 66.2 Å². The van der Waals surface area contributed by atoms with E-state index < -0.39 is 5.91 Å². The maximum Gasteiger partial charge on any atom is 0.252 e. The number of nitriles is 1. The molecule has 1 saturated heterocycles. The van der Waals surface area contributed by atoms with Crippen LogP contribution in [0.1, 0.15) is 34.9 Å². The van der Waals surface area contributed by atoms with Crippen molar-refractivity contribution in [3.8, 4) is 28.9 Å². The Balaban J connectivity index is 1.65. The van der Waals surface area contributed by atoms with Crippen molar-refractivity contribution in [3.05, 3.63) is 65.9 Å². The number of carbonyl (C=O) groups excluding carboxylic acids is 1. The van der Waals surface area contributed by atoms with Gasteiger partial charge in [-0.1, -0.05) is 18.2 Å². The van der Waals surface area contributed by atoms with Crippen LogP contribution in [0, 0.1) is 18.4 Å². The average Bonchev–Trinajstić information content (AvgIpc) is 3.12. The molecule has 4 rings (SSSR count). The number of piperidine rings is 1. The highest BCUT2D eigenvalue weighted by molar-refractivity contribution is 6.00. The minimum atomic E-state index is -0.508. The zero-order chi connectivity index (χ0) is 21.1. The molecule has 152 valence electrons. The lowest BCUT2D eigenvalue weighted by Crippen LogP contribution is -2.34. The van der Waals surface area contributed by atoms with E-state index in [2.05, 4.69) is 6.19 Å². The topological polar surface area (TPSA) is 97.2 Å². The molecular formula is C23H23N5O2. The van der Waals surface area contributed by atoms with Gasteiger partial charge in [-0.3, -0.25) is 9.48 Å². The van der Waals surface area contributed by atoms with E-state index in [9.17, 15) is 10.1 Å². The monoisotopic (exact) mass is 401 g/mol.